The summed E-state index contributed by atoms with van der Waals surface area (Å²) in [4.78, 5) is 20.7. The second-order valence-electron chi connectivity index (χ2n) is 5.90. The Morgan fingerprint density at radius 1 is 1.15 bits per heavy atom. The van der Waals surface area contributed by atoms with Crippen molar-refractivity contribution in [1.82, 2.24) is 15.3 Å². The second-order valence-corrected chi connectivity index (χ2v) is 6.75. The van der Waals surface area contributed by atoms with Gasteiger partial charge < -0.3 is 10.1 Å². The molecule has 140 valence electrons. The summed E-state index contributed by atoms with van der Waals surface area (Å²) in [5.74, 6) is 0.317. The molecule has 1 aromatic carbocycles. The number of halogens is 1. The highest BCUT2D eigenvalue weighted by molar-refractivity contribution is 7.13. The number of aromatic nitrogens is 2. The van der Waals surface area contributed by atoms with Crippen LogP contribution in [0.1, 0.15) is 18.5 Å². The Morgan fingerprint density at radius 3 is 2.78 bits per heavy atom. The van der Waals surface area contributed by atoms with Gasteiger partial charge in [-0.1, -0.05) is 6.07 Å². The van der Waals surface area contributed by atoms with E-state index in [9.17, 15) is 9.18 Å². The molecule has 0 fully saturated rings. The normalized spacial score (nSPS) is 10.6. The standard InChI is InChI=1S/C20H20FN3O2S/c21-15-6-8-17(9-7-15)26-12-4-3-11-23-19(25)13-16-14-27-20(24-16)18-5-1-2-10-22-18/h1-2,5-10,14H,3-4,11-13H2,(H,23,25). The van der Waals surface area contributed by atoms with Crippen LogP contribution in [0.5, 0.6) is 5.75 Å². The molecule has 3 aromatic rings. The van der Waals surface area contributed by atoms with Crippen molar-refractivity contribution in [1.29, 1.82) is 0 Å². The van der Waals surface area contributed by atoms with Gasteiger partial charge in [0.15, 0.2) is 0 Å². The molecule has 1 amide bonds. The van der Waals surface area contributed by atoms with Gasteiger partial charge in [0, 0.05) is 18.1 Å². The number of unbranched alkanes of at least 4 members (excludes halogenated alkanes) is 1. The van der Waals surface area contributed by atoms with Gasteiger partial charge in [0.2, 0.25) is 5.91 Å². The zero-order valence-electron chi connectivity index (χ0n) is 14.7. The highest BCUT2D eigenvalue weighted by Gasteiger charge is 2.09. The van der Waals surface area contributed by atoms with E-state index in [1.807, 2.05) is 23.6 Å². The number of carbonyl (C=O) groups excluding carboxylic acids is 1. The van der Waals surface area contributed by atoms with E-state index in [0.717, 1.165) is 29.2 Å². The molecule has 0 saturated carbocycles. The largest absolute Gasteiger partial charge is 0.494 e. The number of nitrogens with one attached hydrogen (secondary N) is 1. The maximum absolute atomic E-state index is 12.8. The average molecular weight is 385 g/mol. The van der Waals surface area contributed by atoms with Gasteiger partial charge in [0.25, 0.3) is 0 Å². The maximum Gasteiger partial charge on any atom is 0.226 e. The third kappa shape index (κ3) is 6.14. The number of benzene rings is 1. The third-order valence-corrected chi connectivity index (χ3v) is 4.67. The van der Waals surface area contributed by atoms with Crippen molar-refractivity contribution in [2.24, 2.45) is 0 Å². The fraction of sp³-hybridized carbons (Fsp3) is 0.250. The topological polar surface area (TPSA) is 64.1 Å². The fourth-order valence-corrected chi connectivity index (χ4v) is 3.19. The van der Waals surface area contributed by atoms with Crippen LogP contribution in [0, 0.1) is 5.82 Å². The van der Waals surface area contributed by atoms with Crippen LogP contribution in [0.25, 0.3) is 10.7 Å². The first-order valence-corrected chi connectivity index (χ1v) is 9.59. The summed E-state index contributed by atoms with van der Waals surface area (Å²) >= 11 is 1.48. The van der Waals surface area contributed by atoms with Crippen molar-refractivity contribution in [3.63, 3.8) is 0 Å². The molecule has 1 N–H and O–H groups in total. The Hall–Kier alpha value is -2.80. The molecule has 0 bridgehead atoms. The van der Waals surface area contributed by atoms with E-state index < -0.39 is 0 Å². The van der Waals surface area contributed by atoms with Crippen molar-refractivity contribution >= 4 is 17.2 Å². The molecule has 0 radical (unpaired) electrons. The molecule has 3 rings (SSSR count). The van der Waals surface area contributed by atoms with Gasteiger partial charge in [-0.15, -0.1) is 11.3 Å². The lowest BCUT2D eigenvalue weighted by Crippen LogP contribution is -2.26. The van der Waals surface area contributed by atoms with Gasteiger partial charge in [-0.3, -0.25) is 9.78 Å². The van der Waals surface area contributed by atoms with Crippen LogP contribution >= 0.6 is 11.3 Å². The van der Waals surface area contributed by atoms with Crippen molar-refractivity contribution in [2.75, 3.05) is 13.2 Å². The summed E-state index contributed by atoms with van der Waals surface area (Å²) < 4.78 is 18.3. The number of thiazole rings is 1. The number of hydrogen-bond acceptors (Lipinski definition) is 5. The zero-order chi connectivity index (χ0) is 18.9. The van der Waals surface area contributed by atoms with E-state index in [1.54, 1.807) is 18.3 Å². The van der Waals surface area contributed by atoms with Gasteiger partial charge >= 0.3 is 0 Å². The van der Waals surface area contributed by atoms with Gasteiger partial charge in [0.1, 0.15) is 16.6 Å². The smallest absolute Gasteiger partial charge is 0.226 e. The average Bonchev–Trinajstić information content (AvgIpc) is 3.15. The minimum Gasteiger partial charge on any atom is -0.494 e. The summed E-state index contributed by atoms with van der Waals surface area (Å²) in [5.41, 5.74) is 1.56. The highest BCUT2D eigenvalue weighted by atomic mass is 32.1. The van der Waals surface area contributed by atoms with Crippen LogP contribution in [0.3, 0.4) is 0 Å². The Bertz CT molecular complexity index is 853. The molecule has 0 unspecified atom stereocenters. The van der Waals surface area contributed by atoms with Crippen LogP contribution in [0.4, 0.5) is 4.39 Å². The molecular formula is C20H20FN3O2S. The first-order chi connectivity index (χ1) is 13.2. The Labute approximate surface area is 161 Å². The van der Waals surface area contributed by atoms with E-state index >= 15 is 0 Å². The molecule has 0 saturated heterocycles. The molecule has 2 aromatic heterocycles. The number of ether oxygens (including phenoxy) is 1. The minimum atomic E-state index is -0.280. The van der Waals surface area contributed by atoms with E-state index in [1.165, 1.54) is 23.5 Å². The minimum absolute atomic E-state index is 0.0488. The predicted octanol–water partition coefficient (Wildman–Crippen LogP) is 3.86. The van der Waals surface area contributed by atoms with Crippen LogP contribution < -0.4 is 10.1 Å². The lowest BCUT2D eigenvalue weighted by Gasteiger charge is -2.07. The van der Waals surface area contributed by atoms with E-state index in [0.29, 0.717) is 18.9 Å². The van der Waals surface area contributed by atoms with Crippen LogP contribution in [0.2, 0.25) is 0 Å². The molecule has 0 aliphatic carbocycles. The number of carbonyl (C=O) groups is 1. The maximum atomic E-state index is 12.8. The van der Waals surface area contributed by atoms with Gasteiger partial charge in [0.05, 0.1) is 24.4 Å². The van der Waals surface area contributed by atoms with E-state index in [-0.39, 0.29) is 18.1 Å². The zero-order valence-corrected chi connectivity index (χ0v) is 15.5. The first kappa shape index (κ1) is 19.0. The van der Waals surface area contributed by atoms with E-state index in [2.05, 4.69) is 15.3 Å². The molecular weight excluding hydrogens is 365 g/mol. The van der Waals surface area contributed by atoms with Crippen LogP contribution in [-0.4, -0.2) is 29.0 Å². The molecule has 5 nitrogen and oxygen atoms in total. The molecule has 0 aliphatic heterocycles. The molecule has 7 heteroatoms. The number of nitrogens with zero attached hydrogens (tertiary/aromatic N) is 2. The summed E-state index contributed by atoms with van der Waals surface area (Å²) in [5, 5.41) is 5.60. The number of hydrogen-bond donors (Lipinski definition) is 1. The van der Waals surface area contributed by atoms with Crippen molar-refractivity contribution in [3.8, 4) is 16.5 Å². The number of amides is 1. The molecule has 2 heterocycles. The van der Waals surface area contributed by atoms with E-state index in [4.69, 9.17) is 4.74 Å². The summed E-state index contributed by atoms with van der Waals surface area (Å²) in [7, 11) is 0. The molecule has 0 aliphatic rings. The summed E-state index contributed by atoms with van der Waals surface area (Å²) in [6, 6.07) is 11.6. The highest BCUT2D eigenvalue weighted by Crippen LogP contribution is 2.21. The number of rotatable bonds is 9. The summed E-state index contributed by atoms with van der Waals surface area (Å²) in [6.07, 6.45) is 3.60. The van der Waals surface area contributed by atoms with Crippen molar-refractivity contribution in [2.45, 2.75) is 19.3 Å². The number of pyridine rings is 1. The molecule has 0 atom stereocenters. The summed E-state index contributed by atoms with van der Waals surface area (Å²) in [6.45, 7) is 1.11. The van der Waals surface area contributed by atoms with Crippen molar-refractivity contribution in [3.05, 3.63) is 65.6 Å². The Kier molecular flexibility index (Phi) is 6.87. The van der Waals surface area contributed by atoms with Crippen LogP contribution in [-0.2, 0) is 11.2 Å². The lowest BCUT2D eigenvalue weighted by atomic mass is 10.3. The Morgan fingerprint density at radius 2 is 2.00 bits per heavy atom. The van der Waals surface area contributed by atoms with Crippen molar-refractivity contribution < 1.29 is 13.9 Å². The fourth-order valence-electron chi connectivity index (χ4n) is 2.40. The molecule has 0 spiro atoms. The van der Waals surface area contributed by atoms with Gasteiger partial charge in [-0.2, -0.15) is 0 Å². The van der Waals surface area contributed by atoms with Gasteiger partial charge in [-0.05, 0) is 49.2 Å². The molecule has 27 heavy (non-hydrogen) atoms. The first-order valence-electron chi connectivity index (χ1n) is 8.71. The second kappa shape index (κ2) is 9.78. The lowest BCUT2D eigenvalue weighted by molar-refractivity contribution is -0.120. The third-order valence-electron chi connectivity index (χ3n) is 3.75. The predicted molar refractivity (Wildman–Crippen MR) is 103 cm³/mol. The SMILES string of the molecule is O=C(Cc1csc(-c2ccccn2)n1)NCCCCOc1ccc(F)cc1. The monoisotopic (exact) mass is 385 g/mol. The van der Waals surface area contributed by atoms with Crippen LogP contribution in [0.15, 0.2) is 54.0 Å². The quantitative estimate of drug-likeness (QED) is 0.568. The van der Waals surface area contributed by atoms with Gasteiger partial charge in [-0.25, -0.2) is 9.37 Å². The Balaban J connectivity index is 1.32.